The fraction of sp³-hybridized carbons (Fsp3) is 0.208. The maximum Gasteiger partial charge on any atom is 0.337 e. The van der Waals surface area contributed by atoms with E-state index in [4.69, 9.17) is 27.9 Å². The Kier molecular flexibility index (Phi) is 8.22. The number of nitrogens with one attached hydrogen (secondary N) is 2. The number of benzene rings is 2. The molecular formula is C24H23Cl2N3O3. The molecule has 3 rings (SSSR count). The molecule has 1 amide bonds. The van der Waals surface area contributed by atoms with Crippen molar-refractivity contribution in [3.05, 3.63) is 98.8 Å². The van der Waals surface area contributed by atoms with Gasteiger partial charge in [-0.15, -0.1) is 0 Å². The Hall–Kier alpha value is -2.93. The number of aromatic nitrogens is 1. The van der Waals surface area contributed by atoms with Crippen molar-refractivity contribution in [2.24, 2.45) is 0 Å². The molecule has 0 saturated carbocycles. The first-order valence-electron chi connectivity index (χ1n) is 9.96. The fourth-order valence-electron chi connectivity index (χ4n) is 3.16. The zero-order valence-corrected chi connectivity index (χ0v) is 19.2. The predicted molar refractivity (Wildman–Crippen MR) is 125 cm³/mol. The van der Waals surface area contributed by atoms with Crippen molar-refractivity contribution in [3.63, 3.8) is 0 Å². The summed E-state index contributed by atoms with van der Waals surface area (Å²) in [5.41, 5.74) is 3.33. The van der Waals surface area contributed by atoms with Crippen LogP contribution in [0.25, 0.3) is 0 Å². The minimum absolute atomic E-state index is 0.259. The molecule has 0 unspecified atom stereocenters. The van der Waals surface area contributed by atoms with Crippen LogP contribution in [0, 0.1) is 0 Å². The van der Waals surface area contributed by atoms with E-state index >= 15 is 0 Å². The summed E-state index contributed by atoms with van der Waals surface area (Å²) >= 11 is 12.0. The molecule has 166 valence electrons. The number of amides is 1. The Labute approximate surface area is 196 Å². The standard InChI is InChI=1S/C24H23Cl2N3O3/c1-15(16-4-3-5-17(10-16)24(31)32-2)29-23(30)22-11-19(25)7-6-18(22)12-27-14-21-9-8-20(26)13-28-21/h3-11,13,15,27H,12,14H2,1-2H3,(H,29,30)/t15-/m0/s1. The van der Waals surface area contributed by atoms with Gasteiger partial charge in [0.1, 0.15) is 0 Å². The van der Waals surface area contributed by atoms with Gasteiger partial charge in [0, 0.05) is 29.9 Å². The lowest BCUT2D eigenvalue weighted by atomic mass is 10.0. The maximum absolute atomic E-state index is 13.0. The summed E-state index contributed by atoms with van der Waals surface area (Å²) in [6.07, 6.45) is 1.59. The Morgan fingerprint density at radius 1 is 1.03 bits per heavy atom. The van der Waals surface area contributed by atoms with Gasteiger partial charge in [0.05, 0.1) is 29.4 Å². The predicted octanol–water partition coefficient (Wildman–Crippen LogP) is 4.96. The van der Waals surface area contributed by atoms with Crippen molar-refractivity contribution in [1.29, 1.82) is 0 Å². The highest BCUT2D eigenvalue weighted by Crippen LogP contribution is 2.20. The van der Waals surface area contributed by atoms with Gasteiger partial charge in [-0.05, 0) is 54.4 Å². The molecule has 32 heavy (non-hydrogen) atoms. The fourth-order valence-corrected chi connectivity index (χ4v) is 3.44. The van der Waals surface area contributed by atoms with Crippen molar-refractivity contribution in [3.8, 4) is 0 Å². The van der Waals surface area contributed by atoms with E-state index in [0.29, 0.717) is 34.3 Å². The zero-order chi connectivity index (χ0) is 23.1. The third kappa shape index (κ3) is 6.29. The highest BCUT2D eigenvalue weighted by Gasteiger charge is 2.17. The van der Waals surface area contributed by atoms with Crippen molar-refractivity contribution in [1.82, 2.24) is 15.6 Å². The molecule has 6 nitrogen and oxygen atoms in total. The van der Waals surface area contributed by atoms with Crippen LogP contribution < -0.4 is 10.6 Å². The third-order valence-corrected chi connectivity index (χ3v) is 5.34. The van der Waals surface area contributed by atoms with Gasteiger partial charge in [0.2, 0.25) is 0 Å². The van der Waals surface area contributed by atoms with Crippen molar-refractivity contribution in [2.75, 3.05) is 7.11 Å². The number of hydrogen-bond acceptors (Lipinski definition) is 5. The maximum atomic E-state index is 13.0. The van der Waals surface area contributed by atoms with Crippen LogP contribution in [0.15, 0.2) is 60.8 Å². The van der Waals surface area contributed by atoms with E-state index in [9.17, 15) is 9.59 Å². The summed E-state index contributed by atoms with van der Waals surface area (Å²) in [6.45, 7) is 2.83. The van der Waals surface area contributed by atoms with Crippen LogP contribution >= 0.6 is 23.2 Å². The molecule has 0 aliphatic heterocycles. The Balaban J connectivity index is 1.69. The van der Waals surface area contributed by atoms with Gasteiger partial charge >= 0.3 is 5.97 Å². The second-order valence-corrected chi connectivity index (χ2v) is 8.06. The molecule has 8 heteroatoms. The smallest absolute Gasteiger partial charge is 0.337 e. The van der Waals surface area contributed by atoms with Crippen molar-refractivity contribution >= 4 is 35.1 Å². The SMILES string of the molecule is COC(=O)c1cccc([C@H](C)NC(=O)c2cc(Cl)ccc2CNCc2ccc(Cl)cn2)c1. The van der Waals surface area contributed by atoms with E-state index in [1.54, 1.807) is 42.6 Å². The number of carbonyl (C=O) groups excluding carboxylic acids is 2. The van der Waals surface area contributed by atoms with E-state index in [2.05, 4.69) is 15.6 Å². The molecule has 0 spiro atoms. The highest BCUT2D eigenvalue weighted by atomic mass is 35.5. The van der Waals surface area contributed by atoms with Gasteiger partial charge in [-0.25, -0.2) is 4.79 Å². The van der Waals surface area contributed by atoms with Crippen LogP contribution in [0.5, 0.6) is 0 Å². The molecule has 0 saturated heterocycles. The first-order chi connectivity index (χ1) is 15.4. The normalized spacial score (nSPS) is 11.6. The number of rotatable bonds is 8. The number of halogens is 2. The van der Waals surface area contributed by atoms with Gasteiger partial charge < -0.3 is 15.4 Å². The van der Waals surface area contributed by atoms with Crippen molar-refractivity contribution in [2.45, 2.75) is 26.1 Å². The van der Waals surface area contributed by atoms with Gasteiger partial charge in [-0.3, -0.25) is 9.78 Å². The third-order valence-electron chi connectivity index (χ3n) is 4.88. The average Bonchev–Trinajstić information content (AvgIpc) is 2.80. The van der Waals surface area contributed by atoms with E-state index in [0.717, 1.165) is 16.8 Å². The topological polar surface area (TPSA) is 80.3 Å². The Morgan fingerprint density at radius 2 is 1.81 bits per heavy atom. The number of carbonyl (C=O) groups is 2. The van der Waals surface area contributed by atoms with Crippen LogP contribution in [0.2, 0.25) is 10.0 Å². The molecule has 0 radical (unpaired) electrons. The lowest BCUT2D eigenvalue weighted by Gasteiger charge is -2.17. The summed E-state index contributed by atoms with van der Waals surface area (Å²) in [6, 6.07) is 15.5. The Morgan fingerprint density at radius 3 is 2.53 bits per heavy atom. The minimum Gasteiger partial charge on any atom is -0.465 e. The summed E-state index contributed by atoms with van der Waals surface area (Å²) in [4.78, 5) is 29.1. The quantitative estimate of drug-likeness (QED) is 0.454. The number of hydrogen-bond donors (Lipinski definition) is 2. The second-order valence-electron chi connectivity index (χ2n) is 7.18. The molecule has 2 N–H and O–H groups in total. The van der Waals surface area contributed by atoms with E-state index < -0.39 is 5.97 Å². The number of esters is 1. The van der Waals surface area contributed by atoms with Crippen LogP contribution in [-0.2, 0) is 17.8 Å². The highest BCUT2D eigenvalue weighted by molar-refractivity contribution is 6.31. The second kappa shape index (κ2) is 11.1. The lowest BCUT2D eigenvalue weighted by molar-refractivity contribution is 0.0600. The van der Waals surface area contributed by atoms with Gasteiger partial charge in [-0.1, -0.05) is 41.4 Å². The first-order valence-corrected chi connectivity index (χ1v) is 10.7. The summed E-state index contributed by atoms with van der Waals surface area (Å²) < 4.78 is 4.77. The van der Waals surface area contributed by atoms with Gasteiger partial charge in [-0.2, -0.15) is 0 Å². The monoisotopic (exact) mass is 471 g/mol. The number of ether oxygens (including phenoxy) is 1. The zero-order valence-electron chi connectivity index (χ0n) is 17.7. The van der Waals surface area contributed by atoms with Gasteiger partial charge in [0.15, 0.2) is 0 Å². The largest absolute Gasteiger partial charge is 0.465 e. The van der Waals surface area contributed by atoms with E-state index in [-0.39, 0.29) is 11.9 Å². The van der Waals surface area contributed by atoms with Crippen LogP contribution in [0.4, 0.5) is 0 Å². The van der Waals surface area contributed by atoms with Crippen LogP contribution in [0.3, 0.4) is 0 Å². The number of methoxy groups -OCH3 is 1. The molecule has 0 fully saturated rings. The van der Waals surface area contributed by atoms with Gasteiger partial charge in [0.25, 0.3) is 5.91 Å². The van der Waals surface area contributed by atoms with Crippen LogP contribution in [0.1, 0.15) is 50.5 Å². The molecule has 1 heterocycles. The van der Waals surface area contributed by atoms with Crippen LogP contribution in [-0.4, -0.2) is 24.0 Å². The number of nitrogens with zero attached hydrogens (tertiary/aromatic N) is 1. The number of pyridine rings is 1. The lowest BCUT2D eigenvalue weighted by Crippen LogP contribution is -2.28. The van der Waals surface area contributed by atoms with Crippen molar-refractivity contribution < 1.29 is 14.3 Å². The molecule has 1 aromatic heterocycles. The molecule has 0 aliphatic rings. The molecular weight excluding hydrogens is 449 g/mol. The molecule has 3 aromatic rings. The summed E-state index contributed by atoms with van der Waals surface area (Å²) in [5, 5.41) is 7.31. The molecule has 1 atom stereocenters. The molecule has 2 aromatic carbocycles. The van der Waals surface area contributed by atoms with E-state index in [1.165, 1.54) is 7.11 Å². The average molecular weight is 472 g/mol. The molecule has 0 aliphatic carbocycles. The minimum atomic E-state index is -0.427. The first kappa shape index (κ1) is 23.7. The Bertz CT molecular complexity index is 1100. The molecule has 0 bridgehead atoms. The summed E-state index contributed by atoms with van der Waals surface area (Å²) in [7, 11) is 1.33. The van der Waals surface area contributed by atoms with E-state index in [1.807, 2.05) is 25.1 Å². The summed E-state index contributed by atoms with van der Waals surface area (Å²) in [5.74, 6) is -0.686.